The molecule has 28 heavy (non-hydrogen) atoms. The summed E-state index contributed by atoms with van der Waals surface area (Å²) in [5.41, 5.74) is 9.20. The van der Waals surface area contributed by atoms with Gasteiger partial charge >= 0.3 is 0 Å². The largest absolute Gasteiger partial charge is 0.495 e. The van der Waals surface area contributed by atoms with E-state index in [1.54, 1.807) is 7.11 Å². The minimum absolute atomic E-state index is 0.134. The first kappa shape index (κ1) is 18.8. The summed E-state index contributed by atoms with van der Waals surface area (Å²) < 4.78 is 31.7. The summed E-state index contributed by atoms with van der Waals surface area (Å²) in [5.74, 6) is 0.373. The van der Waals surface area contributed by atoms with Crippen LogP contribution >= 0.6 is 0 Å². The third-order valence-corrected chi connectivity index (χ3v) is 6.66. The smallest absolute Gasteiger partial charge is 0.256 e. The Labute approximate surface area is 163 Å². The molecule has 2 aromatic rings. The molecular weight excluding hydrogens is 382 g/mol. The van der Waals surface area contributed by atoms with Crippen LogP contribution in [-0.2, 0) is 23.0 Å². The first-order chi connectivity index (χ1) is 13.3. The molecule has 2 aliphatic rings. The molecule has 9 nitrogen and oxygen atoms in total. The average molecular weight is 405 g/mol. The van der Waals surface area contributed by atoms with Crippen molar-refractivity contribution in [3.63, 3.8) is 0 Å². The second-order valence-corrected chi connectivity index (χ2v) is 9.08. The molecule has 0 fully saturated rings. The van der Waals surface area contributed by atoms with Crippen molar-refractivity contribution < 1.29 is 17.9 Å². The zero-order valence-corrected chi connectivity index (χ0v) is 16.6. The lowest BCUT2D eigenvalue weighted by molar-refractivity contribution is 0.0859. The van der Waals surface area contributed by atoms with Crippen molar-refractivity contribution >= 4 is 27.4 Å². The molecule has 1 aromatic heterocycles. The molecule has 0 saturated carbocycles. The number of ether oxygens (including phenoxy) is 1. The summed E-state index contributed by atoms with van der Waals surface area (Å²) >= 11 is 0. The van der Waals surface area contributed by atoms with E-state index < -0.39 is 15.9 Å². The Morgan fingerprint density at radius 2 is 2.18 bits per heavy atom. The molecule has 2 aliphatic heterocycles. The summed E-state index contributed by atoms with van der Waals surface area (Å²) in [6.45, 7) is 1.10. The van der Waals surface area contributed by atoms with Crippen LogP contribution in [-0.4, -0.2) is 54.9 Å². The van der Waals surface area contributed by atoms with E-state index >= 15 is 0 Å². The molecule has 4 rings (SSSR count). The van der Waals surface area contributed by atoms with Gasteiger partial charge in [-0.2, -0.15) is 14.1 Å². The molecule has 0 spiro atoms. The number of nitrogens with two attached hydrogens (primary N) is 1. The molecule has 0 radical (unpaired) electrons. The molecular formula is C18H23N5O4S. The minimum Gasteiger partial charge on any atom is -0.495 e. The Kier molecular flexibility index (Phi) is 4.54. The van der Waals surface area contributed by atoms with Crippen LogP contribution in [0.5, 0.6) is 5.75 Å². The number of para-hydroxylation sites is 1. The van der Waals surface area contributed by atoms with Crippen LogP contribution in [0.1, 0.15) is 34.0 Å². The molecule has 150 valence electrons. The topological polar surface area (TPSA) is 120 Å². The van der Waals surface area contributed by atoms with Gasteiger partial charge in [0.25, 0.3) is 5.91 Å². The Hall–Kier alpha value is -2.59. The van der Waals surface area contributed by atoms with Crippen LogP contribution in [0, 0.1) is 0 Å². The zero-order chi connectivity index (χ0) is 20.1. The van der Waals surface area contributed by atoms with Gasteiger partial charge in [-0.05, 0) is 24.5 Å². The van der Waals surface area contributed by atoms with E-state index in [1.165, 1.54) is 15.2 Å². The van der Waals surface area contributed by atoms with Crippen LogP contribution in [0.4, 0.5) is 11.5 Å². The Balaban J connectivity index is 1.69. The number of sulfonamides is 1. The Morgan fingerprint density at radius 1 is 1.39 bits per heavy atom. The summed E-state index contributed by atoms with van der Waals surface area (Å²) in [6, 6.07) is 5.60. The number of nitrogens with one attached hydrogen (secondary N) is 1. The lowest BCUT2D eigenvalue weighted by atomic mass is 9.90. The fraction of sp³-hybridized carbons (Fsp3) is 0.444. The van der Waals surface area contributed by atoms with E-state index in [1.807, 2.05) is 18.2 Å². The van der Waals surface area contributed by atoms with Gasteiger partial charge in [0.05, 0.1) is 37.2 Å². The molecule has 1 unspecified atom stereocenters. The summed E-state index contributed by atoms with van der Waals surface area (Å²) in [5, 5.41) is 7.68. The number of nitrogens with zero attached hydrogens (tertiary/aromatic N) is 3. The predicted molar refractivity (Wildman–Crippen MR) is 105 cm³/mol. The maximum atomic E-state index is 13.3. The first-order valence-corrected chi connectivity index (χ1v) is 10.9. The Bertz CT molecular complexity index is 1050. The molecule has 3 N–H and O–H groups in total. The number of methoxy groups -OCH3 is 1. The zero-order valence-electron chi connectivity index (χ0n) is 15.8. The number of carbonyl (C=O) groups is 1. The second kappa shape index (κ2) is 6.78. The van der Waals surface area contributed by atoms with Gasteiger partial charge in [0, 0.05) is 18.7 Å². The monoisotopic (exact) mass is 405 g/mol. The van der Waals surface area contributed by atoms with Crippen molar-refractivity contribution in [3.05, 3.63) is 35.0 Å². The minimum atomic E-state index is -3.32. The lowest BCUT2D eigenvalue weighted by Crippen LogP contribution is -2.35. The van der Waals surface area contributed by atoms with Gasteiger partial charge < -0.3 is 15.8 Å². The van der Waals surface area contributed by atoms with E-state index in [0.29, 0.717) is 43.2 Å². The van der Waals surface area contributed by atoms with Crippen molar-refractivity contribution in [1.29, 1.82) is 0 Å². The van der Waals surface area contributed by atoms with E-state index in [2.05, 4.69) is 10.4 Å². The fourth-order valence-electron chi connectivity index (χ4n) is 3.94. The van der Waals surface area contributed by atoms with E-state index in [-0.39, 0.29) is 12.5 Å². The van der Waals surface area contributed by atoms with E-state index in [0.717, 1.165) is 16.8 Å². The Morgan fingerprint density at radius 3 is 2.89 bits per heavy atom. The van der Waals surface area contributed by atoms with E-state index in [4.69, 9.17) is 10.5 Å². The van der Waals surface area contributed by atoms with Gasteiger partial charge in [-0.3, -0.25) is 4.79 Å². The fourth-order valence-corrected chi connectivity index (χ4v) is 4.72. The highest BCUT2D eigenvalue weighted by molar-refractivity contribution is 7.88. The van der Waals surface area contributed by atoms with Crippen LogP contribution in [0.15, 0.2) is 18.2 Å². The van der Waals surface area contributed by atoms with Gasteiger partial charge in [-0.15, -0.1) is 0 Å². The second-order valence-electron chi connectivity index (χ2n) is 7.10. The number of carbonyl (C=O) groups excluding carboxylic acids is 1. The third-order valence-electron chi connectivity index (χ3n) is 5.41. The summed E-state index contributed by atoms with van der Waals surface area (Å²) in [7, 11) is -1.73. The molecule has 10 heteroatoms. The SMILES string of the molecule is COc1cccc2c1NCCC2C(=O)n1nc2c(c1N)CCN(S(C)(=O)=O)C2. The van der Waals surface area contributed by atoms with Gasteiger partial charge in [0.15, 0.2) is 0 Å². The van der Waals surface area contributed by atoms with Gasteiger partial charge in [0.2, 0.25) is 10.0 Å². The van der Waals surface area contributed by atoms with Crippen molar-refractivity contribution in [2.24, 2.45) is 0 Å². The van der Waals surface area contributed by atoms with Crippen LogP contribution in [0.25, 0.3) is 0 Å². The van der Waals surface area contributed by atoms with Crippen LogP contribution in [0.2, 0.25) is 0 Å². The van der Waals surface area contributed by atoms with Crippen molar-refractivity contribution in [2.45, 2.75) is 25.3 Å². The maximum absolute atomic E-state index is 13.3. The number of benzene rings is 1. The number of rotatable bonds is 3. The molecule has 0 bridgehead atoms. The number of hydrogen-bond donors (Lipinski definition) is 2. The summed E-state index contributed by atoms with van der Waals surface area (Å²) in [4.78, 5) is 13.3. The van der Waals surface area contributed by atoms with Gasteiger partial charge in [-0.25, -0.2) is 8.42 Å². The average Bonchev–Trinajstić information content (AvgIpc) is 3.02. The van der Waals surface area contributed by atoms with Crippen LogP contribution < -0.4 is 15.8 Å². The predicted octanol–water partition coefficient (Wildman–Crippen LogP) is 1.03. The lowest BCUT2D eigenvalue weighted by Gasteiger charge is -2.27. The number of nitrogen functional groups attached to an aromatic ring is 1. The highest BCUT2D eigenvalue weighted by Gasteiger charge is 2.34. The molecule has 3 heterocycles. The van der Waals surface area contributed by atoms with Crippen LogP contribution in [0.3, 0.4) is 0 Å². The van der Waals surface area contributed by atoms with E-state index in [9.17, 15) is 13.2 Å². The molecule has 0 aliphatic carbocycles. The number of aromatic nitrogens is 2. The molecule has 1 aromatic carbocycles. The standard InChI is InChI=1S/C18H23N5O4S/c1-27-15-5-3-4-11-12(6-8-20-16(11)15)18(24)23-17(19)13-7-9-22(28(2,25)26)10-14(13)21-23/h3-5,12,20H,6-10,19H2,1-2H3. The van der Waals surface area contributed by atoms with Crippen molar-refractivity contribution in [3.8, 4) is 5.75 Å². The van der Waals surface area contributed by atoms with Gasteiger partial charge in [-0.1, -0.05) is 12.1 Å². The highest BCUT2D eigenvalue weighted by atomic mass is 32.2. The first-order valence-electron chi connectivity index (χ1n) is 9.07. The van der Waals surface area contributed by atoms with Gasteiger partial charge in [0.1, 0.15) is 11.6 Å². The normalized spacial score (nSPS) is 19.4. The molecule has 0 saturated heterocycles. The number of fused-ring (bicyclic) bond motifs is 2. The number of hydrogen-bond acceptors (Lipinski definition) is 7. The van der Waals surface area contributed by atoms with Crippen molar-refractivity contribution in [1.82, 2.24) is 14.1 Å². The van der Waals surface area contributed by atoms with Crippen molar-refractivity contribution in [2.75, 3.05) is 37.5 Å². The molecule has 1 atom stereocenters. The maximum Gasteiger partial charge on any atom is 0.256 e. The number of anilines is 2. The highest BCUT2D eigenvalue weighted by Crippen LogP contribution is 2.39. The quantitative estimate of drug-likeness (QED) is 0.783. The third kappa shape index (κ3) is 3.02. The summed E-state index contributed by atoms with van der Waals surface area (Å²) in [6.07, 6.45) is 2.22. The molecule has 0 amide bonds.